The van der Waals surface area contributed by atoms with Crippen LogP contribution < -0.4 is 15.8 Å². The van der Waals surface area contributed by atoms with E-state index in [1.165, 1.54) is 23.0 Å². The number of ether oxygens (including phenoxy) is 1. The summed E-state index contributed by atoms with van der Waals surface area (Å²) in [6, 6.07) is 6.23. The van der Waals surface area contributed by atoms with E-state index in [1.54, 1.807) is 24.3 Å². The molecule has 0 spiro atoms. The number of nitrogens with two attached hydrogens (primary N) is 1. The minimum Gasteiger partial charge on any atom is -0.484 e. The number of hydrogen-bond donors (Lipinski definition) is 2. The molecule has 1 aromatic heterocycles. The number of carbonyl (C=O) groups excluding carboxylic acids is 2. The molecule has 10 nitrogen and oxygen atoms in total. The second-order valence-electron chi connectivity index (χ2n) is 5.71. The number of benzene rings is 1. The van der Waals surface area contributed by atoms with Gasteiger partial charge in [0.05, 0.1) is 5.69 Å². The topological polar surface area (TPSA) is 128 Å². The molecular formula is C15H19N7O3. The van der Waals surface area contributed by atoms with E-state index >= 15 is 0 Å². The third-order valence-corrected chi connectivity index (χ3v) is 4.02. The van der Waals surface area contributed by atoms with E-state index in [0.29, 0.717) is 18.7 Å². The maximum atomic E-state index is 12.4. The van der Waals surface area contributed by atoms with Crippen molar-refractivity contribution in [2.24, 2.45) is 5.73 Å². The van der Waals surface area contributed by atoms with Crippen molar-refractivity contribution in [1.82, 2.24) is 30.4 Å². The molecule has 3 rings (SSSR count). The molecule has 132 valence electrons. The monoisotopic (exact) mass is 345 g/mol. The van der Waals surface area contributed by atoms with Gasteiger partial charge in [-0.3, -0.25) is 9.59 Å². The fourth-order valence-corrected chi connectivity index (χ4v) is 2.76. The van der Waals surface area contributed by atoms with Crippen LogP contribution in [-0.4, -0.2) is 69.2 Å². The molecule has 0 unspecified atom stereocenters. The first-order valence-corrected chi connectivity index (χ1v) is 7.81. The number of likely N-dealkylation sites (N-methyl/N-ethyl adjacent to an activating group) is 1. The standard InChI is InChI=1S/C15H19N7O3/c1-17-15(24)13-6-10(16)7-21(13)14(23)8-25-12-4-2-11(3-5-12)22-9-18-19-20-22/h2-5,9-10,13H,6-8,16H2,1H3,(H,17,24)/t10-,13+/m1/s1. The number of amides is 2. The van der Waals surface area contributed by atoms with Crippen molar-refractivity contribution in [2.45, 2.75) is 18.5 Å². The van der Waals surface area contributed by atoms with Crippen LogP contribution in [0.4, 0.5) is 0 Å². The van der Waals surface area contributed by atoms with Crippen molar-refractivity contribution >= 4 is 11.8 Å². The molecule has 2 heterocycles. The fourth-order valence-electron chi connectivity index (χ4n) is 2.76. The zero-order valence-electron chi connectivity index (χ0n) is 13.7. The number of hydrogen-bond acceptors (Lipinski definition) is 7. The SMILES string of the molecule is CNC(=O)[C@@H]1C[C@@H](N)CN1C(=O)COc1ccc(-n2cnnn2)cc1. The zero-order chi connectivity index (χ0) is 17.8. The molecule has 2 aromatic rings. The Hall–Kier alpha value is -3.01. The molecule has 0 radical (unpaired) electrons. The minimum atomic E-state index is -0.543. The highest BCUT2D eigenvalue weighted by Crippen LogP contribution is 2.18. The molecule has 1 aliphatic rings. The van der Waals surface area contributed by atoms with Gasteiger partial charge in [0.1, 0.15) is 18.1 Å². The minimum absolute atomic E-state index is 0.162. The van der Waals surface area contributed by atoms with Gasteiger partial charge in [-0.2, -0.15) is 0 Å². The summed E-state index contributed by atoms with van der Waals surface area (Å²) in [5.41, 5.74) is 6.66. The zero-order valence-corrected chi connectivity index (χ0v) is 13.7. The predicted molar refractivity (Wildman–Crippen MR) is 86.8 cm³/mol. The van der Waals surface area contributed by atoms with Crippen molar-refractivity contribution in [2.75, 3.05) is 20.2 Å². The number of tetrazole rings is 1. The third-order valence-electron chi connectivity index (χ3n) is 4.02. The van der Waals surface area contributed by atoms with Crippen LogP contribution in [0.25, 0.3) is 5.69 Å². The van der Waals surface area contributed by atoms with E-state index in [4.69, 9.17) is 10.5 Å². The Morgan fingerprint density at radius 3 is 2.76 bits per heavy atom. The van der Waals surface area contributed by atoms with Gasteiger partial charge in [0.2, 0.25) is 5.91 Å². The molecule has 0 aliphatic carbocycles. The number of nitrogens with one attached hydrogen (secondary N) is 1. The first kappa shape index (κ1) is 16.8. The number of nitrogens with zero attached hydrogens (tertiary/aromatic N) is 5. The van der Waals surface area contributed by atoms with E-state index in [2.05, 4.69) is 20.8 Å². The van der Waals surface area contributed by atoms with E-state index in [9.17, 15) is 9.59 Å². The van der Waals surface area contributed by atoms with Crippen LogP contribution in [0.1, 0.15) is 6.42 Å². The molecule has 0 saturated carbocycles. The quantitative estimate of drug-likeness (QED) is 0.690. The summed E-state index contributed by atoms with van der Waals surface area (Å²) >= 11 is 0. The molecule has 2 amide bonds. The summed E-state index contributed by atoms with van der Waals surface area (Å²) in [4.78, 5) is 25.7. The lowest BCUT2D eigenvalue weighted by Crippen LogP contribution is -2.46. The average molecular weight is 345 g/mol. The Bertz CT molecular complexity index is 732. The van der Waals surface area contributed by atoms with Gasteiger partial charge in [-0.25, -0.2) is 4.68 Å². The van der Waals surface area contributed by atoms with Gasteiger partial charge in [-0.05, 0) is 41.1 Å². The van der Waals surface area contributed by atoms with Crippen LogP contribution in [0.3, 0.4) is 0 Å². The highest BCUT2D eigenvalue weighted by molar-refractivity contribution is 5.88. The smallest absolute Gasteiger partial charge is 0.261 e. The van der Waals surface area contributed by atoms with Crippen molar-refractivity contribution in [3.05, 3.63) is 30.6 Å². The normalized spacial score (nSPS) is 19.7. The molecule has 0 bridgehead atoms. The molecule has 10 heteroatoms. The number of aromatic nitrogens is 4. The summed E-state index contributed by atoms with van der Waals surface area (Å²) in [5, 5.41) is 13.5. The molecule has 2 atom stereocenters. The van der Waals surface area contributed by atoms with E-state index in [-0.39, 0.29) is 24.5 Å². The summed E-state index contributed by atoms with van der Waals surface area (Å²) in [6.07, 6.45) is 1.93. The number of rotatable bonds is 5. The Balaban J connectivity index is 1.59. The summed E-state index contributed by atoms with van der Waals surface area (Å²) in [7, 11) is 1.54. The van der Waals surface area contributed by atoms with Gasteiger partial charge >= 0.3 is 0 Å². The lowest BCUT2D eigenvalue weighted by Gasteiger charge is -2.23. The maximum Gasteiger partial charge on any atom is 0.261 e. The molecule has 1 saturated heterocycles. The van der Waals surface area contributed by atoms with Gasteiger partial charge in [0.25, 0.3) is 5.91 Å². The first-order valence-electron chi connectivity index (χ1n) is 7.81. The summed E-state index contributed by atoms with van der Waals surface area (Å²) in [5.74, 6) is 0.0448. The molecule has 1 fully saturated rings. The van der Waals surface area contributed by atoms with Gasteiger partial charge in [0.15, 0.2) is 6.61 Å². The van der Waals surface area contributed by atoms with Gasteiger partial charge < -0.3 is 20.7 Å². The van der Waals surface area contributed by atoms with Crippen LogP contribution in [0.15, 0.2) is 30.6 Å². The van der Waals surface area contributed by atoms with Crippen LogP contribution in [0.5, 0.6) is 5.75 Å². The van der Waals surface area contributed by atoms with Crippen molar-refractivity contribution in [1.29, 1.82) is 0 Å². The molecule has 1 aliphatic heterocycles. The summed E-state index contributed by atoms with van der Waals surface area (Å²) < 4.78 is 7.03. The molecule has 25 heavy (non-hydrogen) atoms. The third kappa shape index (κ3) is 3.74. The lowest BCUT2D eigenvalue weighted by atomic mass is 10.1. The predicted octanol–water partition coefficient (Wildman–Crippen LogP) is -1.28. The van der Waals surface area contributed by atoms with Crippen molar-refractivity contribution in [3.63, 3.8) is 0 Å². The lowest BCUT2D eigenvalue weighted by molar-refractivity contribution is -0.139. The Kier molecular flexibility index (Phi) is 4.89. The number of likely N-dealkylation sites (tertiary alicyclic amines) is 1. The first-order chi connectivity index (χ1) is 12.1. The molecular weight excluding hydrogens is 326 g/mol. The average Bonchev–Trinajstić information content (AvgIpc) is 3.29. The molecule has 3 N–H and O–H groups in total. The van der Waals surface area contributed by atoms with Crippen LogP contribution in [0, 0.1) is 0 Å². The second kappa shape index (κ2) is 7.26. The molecule has 1 aromatic carbocycles. The van der Waals surface area contributed by atoms with E-state index < -0.39 is 6.04 Å². The summed E-state index contributed by atoms with van der Waals surface area (Å²) in [6.45, 7) is 0.183. The maximum absolute atomic E-state index is 12.4. The van der Waals surface area contributed by atoms with E-state index in [1.807, 2.05) is 0 Å². The van der Waals surface area contributed by atoms with Crippen molar-refractivity contribution in [3.8, 4) is 11.4 Å². The Morgan fingerprint density at radius 2 is 2.12 bits per heavy atom. The van der Waals surface area contributed by atoms with Crippen LogP contribution in [-0.2, 0) is 9.59 Å². The second-order valence-corrected chi connectivity index (χ2v) is 5.71. The number of carbonyl (C=O) groups is 2. The fraction of sp³-hybridized carbons (Fsp3) is 0.400. The Morgan fingerprint density at radius 1 is 1.36 bits per heavy atom. The van der Waals surface area contributed by atoms with E-state index in [0.717, 1.165) is 5.69 Å². The van der Waals surface area contributed by atoms with Crippen LogP contribution >= 0.6 is 0 Å². The van der Waals surface area contributed by atoms with Gasteiger partial charge in [-0.1, -0.05) is 0 Å². The Labute approximate surface area is 143 Å². The highest BCUT2D eigenvalue weighted by atomic mass is 16.5. The van der Waals surface area contributed by atoms with Crippen molar-refractivity contribution < 1.29 is 14.3 Å². The van der Waals surface area contributed by atoms with Gasteiger partial charge in [0, 0.05) is 19.6 Å². The highest BCUT2D eigenvalue weighted by Gasteiger charge is 2.37. The van der Waals surface area contributed by atoms with Crippen LogP contribution in [0.2, 0.25) is 0 Å². The van der Waals surface area contributed by atoms with Gasteiger partial charge in [-0.15, -0.1) is 5.10 Å². The largest absolute Gasteiger partial charge is 0.484 e.